The van der Waals surface area contributed by atoms with E-state index < -0.39 is 33.4 Å². The fourth-order valence-corrected chi connectivity index (χ4v) is 1.43. The molecule has 0 aromatic heterocycles. The number of ether oxygens (including phenoxy) is 1. The standard InChI is InChI=1S/C8H7ClF3NO3/c1-16-7-5(13(14)15)3-2-4(9)6(7)8(10,11)12/h2-3,14-15H,1H3. The highest BCUT2D eigenvalue weighted by molar-refractivity contribution is 6.31. The normalized spacial score (nSPS) is 11.4. The molecular weight excluding hydrogens is 251 g/mol. The smallest absolute Gasteiger partial charge is 0.421 e. The molecule has 0 fully saturated rings. The van der Waals surface area contributed by atoms with E-state index in [0.29, 0.717) is 0 Å². The summed E-state index contributed by atoms with van der Waals surface area (Å²) in [5, 5.41) is 16.4. The second-order valence-electron chi connectivity index (χ2n) is 2.76. The number of halogens is 4. The summed E-state index contributed by atoms with van der Waals surface area (Å²) in [6.07, 6.45) is -4.76. The first-order chi connectivity index (χ1) is 7.29. The average molecular weight is 258 g/mol. The van der Waals surface area contributed by atoms with E-state index in [1.54, 1.807) is 0 Å². The minimum atomic E-state index is -4.76. The van der Waals surface area contributed by atoms with Crippen molar-refractivity contribution in [3.05, 3.63) is 22.7 Å². The van der Waals surface area contributed by atoms with Crippen LogP contribution in [0.4, 0.5) is 18.9 Å². The molecule has 0 saturated heterocycles. The highest BCUT2D eigenvalue weighted by Gasteiger charge is 2.38. The third-order valence-corrected chi connectivity index (χ3v) is 2.10. The first-order valence-corrected chi connectivity index (χ1v) is 4.28. The first-order valence-electron chi connectivity index (χ1n) is 3.90. The van der Waals surface area contributed by atoms with E-state index in [4.69, 9.17) is 22.0 Å². The number of methoxy groups -OCH3 is 1. The van der Waals surface area contributed by atoms with Crippen LogP contribution in [0.2, 0.25) is 5.02 Å². The van der Waals surface area contributed by atoms with Crippen molar-refractivity contribution in [2.75, 3.05) is 12.3 Å². The van der Waals surface area contributed by atoms with Crippen molar-refractivity contribution in [3.63, 3.8) is 0 Å². The Labute approximate surface area is 93.3 Å². The molecule has 0 atom stereocenters. The zero-order chi connectivity index (χ0) is 12.5. The van der Waals surface area contributed by atoms with Gasteiger partial charge in [0.2, 0.25) is 0 Å². The SMILES string of the molecule is COc1c(N(O)O)ccc(Cl)c1C(F)(F)F. The van der Waals surface area contributed by atoms with Crippen LogP contribution in [0.1, 0.15) is 5.56 Å². The Morgan fingerprint density at radius 1 is 1.31 bits per heavy atom. The van der Waals surface area contributed by atoms with Crippen molar-refractivity contribution >= 4 is 17.3 Å². The maximum atomic E-state index is 12.6. The fraction of sp³-hybridized carbons (Fsp3) is 0.250. The molecule has 0 amide bonds. The number of hydrogen-bond acceptors (Lipinski definition) is 4. The van der Waals surface area contributed by atoms with E-state index >= 15 is 0 Å². The molecule has 1 aromatic carbocycles. The summed E-state index contributed by atoms with van der Waals surface area (Å²) in [5.41, 5.74) is -1.82. The number of benzene rings is 1. The summed E-state index contributed by atoms with van der Waals surface area (Å²) >= 11 is 5.39. The van der Waals surface area contributed by atoms with E-state index in [1.165, 1.54) is 0 Å². The molecule has 0 radical (unpaired) electrons. The molecule has 0 unspecified atom stereocenters. The maximum absolute atomic E-state index is 12.6. The average Bonchev–Trinajstić information content (AvgIpc) is 2.14. The number of hydrogen-bond donors (Lipinski definition) is 2. The molecule has 4 nitrogen and oxygen atoms in total. The summed E-state index contributed by atoms with van der Waals surface area (Å²) < 4.78 is 42.3. The lowest BCUT2D eigenvalue weighted by Gasteiger charge is -2.18. The molecule has 90 valence electrons. The Balaban J connectivity index is 3.51. The fourth-order valence-electron chi connectivity index (χ4n) is 1.18. The molecule has 1 aromatic rings. The molecule has 16 heavy (non-hydrogen) atoms. The molecule has 0 aliphatic heterocycles. The maximum Gasteiger partial charge on any atom is 0.421 e. The molecule has 0 aliphatic rings. The van der Waals surface area contributed by atoms with Crippen LogP contribution in [0, 0.1) is 0 Å². The van der Waals surface area contributed by atoms with Gasteiger partial charge in [0.15, 0.2) is 5.75 Å². The first kappa shape index (κ1) is 12.9. The van der Waals surface area contributed by atoms with Crippen molar-refractivity contribution in [1.82, 2.24) is 0 Å². The van der Waals surface area contributed by atoms with Crippen LogP contribution in [0.25, 0.3) is 0 Å². The van der Waals surface area contributed by atoms with Gasteiger partial charge in [-0.15, -0.1) is 5.23 Å². The van der Waals surface area contributed by atoms with Crippen LogP contribution in [0.3, 0.4) is 0 Å². The molecule has 0 spiro atoms. The van der Waals surface area contributed by atoms with Crippen molar-refractivity contribution < 1.29 is 28.3 Å². The monoisotopic (exact) mass is 257 g/mol. The highest BCUT2D eigenvalue weighted by atomic mass is 35.5. The lowest BCUT2D eigenvalue weighted by atomic mass is 10.1. The molecule has 0 heterocycles. The zero-order valence-electron chi connectivity index (χ0n) is 7.92. The van der Waals surface area contributed by atoms with Gasteiger partial charge in [-0.3, -0.25) is 10.4 Å². The van der Waals surface area contributed by atoms with Gasteiger partial charge in [0, 0.05) is 0 Å². The molecule has 2 N–H and O–H groups in total. The third kappa shape index (κ3) is 2.31. The summed E-state index contributed by atoms with van der Waals surface area (Å²) in [5.74, 6) is -0.759. The van der Waals surface area contributed by atoms with Crippen LogP contribution in [0.15, 0.2) is 12.1 Å². The van der Waals surface area contributed by atoms with Crippen LogP contribution >= 0.6 is 11.6 Å². The van der Waals surface area contributed by atoms with E-state index in [1.807, 2.05) is 0 Å². The summed E-state index contributed by atoms with van der Waals surface area (Å²) in [7, 11) is 0.966. The Morgan fingerprint density at radius 2 is 1.88 bits per heavy atom. The van der Waals surface area contributed by atoms with E-state index in [9.17, 15) is 13.2 Å². The number of nitrogens with zero attached hydrogens (tertiary/aromatic N) is 1. The minimum absolute atomic E-state index is 0.468. The summed E-state index contributed by atoms with van der Waals surface area (Å²) in [6, 6.07) is 1.87. The number of rotatable bonds is 2. The molecular formula is C8H7ClF3NO3. The van der Waals surface area contributed by atoms with Crippen LogP contribution < -0.4 is 9.96 Å². The number of alkyl halides is 3. The Bertz CT molecular complexity index is 395. The van der Waals surface area contributed by atoms with Crippen molar-refractivity contribution in [2.24, 2.45) is 0 Å². The van der Waals surface area contributed by atoms with Crippen molar-refractivity contribution in [2.45, 2.75) is 6.18 Å². The Hall–Kier alpha value is -1.18. The molecule has 0 aliphatic carbocycles. The molecule has 8 heteroatoms. The van der Waals surface area contributed by atoms with Gasteiger partial charge in [-0.1, -0.05) is 11.6 Å². The van der Waals surface area contributed by atoms with Gasteiger partial charge in [0.25, 0.3) is 0 Å². The van der Waals surface area contributed by atoms with E-state index in [0.717, 1.165) is 19.2 Å². The van der Waals surface area contributed by atoms with Crippen molar-refractivity contribution in [1.29, 1.82) is 0 Å². The van der Waals surface area contributed by atoms with Gasteiger partial charge >= 0.3 is 6.18 Å². The largest absolute Gasteiger partial charge is 0.494 e. The molecule has 0 bridgehead atoms. The second-order valence-corrected chi connectivity index (χ2v) is 3.17. The highest BCUT2D eigenvalue weighted by Crippen LogP contribution is 2.45. The van der Waals surface area contributed by atoms with E-state index in [2.05, 4.69) is 4.74 Å². The van der Waals surface area contributed by atoms with Gasteiger partial charge in [0.1, 0.15) is 11.3 Å². The van der Waals surface area contributed by atoms with Crippen molar-refractivity contribution in [3.8, 4) is 5.75 Å². The van der Waals surface area contributed by atoms with Gasteiger partial charge in [-0.05, 0) is 12.1 Å². The van der Waals surface area contributed by atoms with Gasteiger partial charge < -0.3 is 4.74 Å². The summed E-state index contributed by atoms with van der Waals surface area (Å²) in [4.78, 5) is 0. The van der Waals surface area contributed by atoms with Gasteiger partial charge in [0.05, 0.1) is 12.1 Å². The second kappa shape index (κ2) is 4.36. The van der Waals surface area contributed by atoms with Crippen LogP contribution in [0.5, 0.6) is 5.75 Å². The Morgan fingerprint density at radius 3 is 2.25 bits per heavy atom. The third-order valence-electron chi connectivity index (χ3n) is 1.79. The Kier molecular flexibility index (Phi) is 3.51. The molecule has 1 rings (SSSR count). The van der Waals surface area contributed by atoms with Gasteiger partial charge in [-0.2, -0.15) is 13.2 Å². The predicted molar refractivity (Wildman–Crippen MR) is 49.1 cm³/mol. The number of anilines is 1. The predicted octanol–water partition coefficient (Wildman–Crippen LogP) is 2.95. The lowest BCUT2D eigenvalue weighted by Crippen LogP contribution is -2.16. The zero-order valence-corrected chi connectivity index (χ0v) is 8.67. The van der Waals surface area contributed by atoms with Gasteiger partial charge in [-0.25, -0.2) is 0 Å². The van der Waals surface area contributed by atoms with E-state index in [-0.39, 0.29) is 0 Å². The topological polar surface area (TPSA) is 52.9 Å². The van der Waals surface area contributed by atoms with Crippen LogP contribution in [-0.4, -0.2) is 17.5 Å². The lowest BCUT2D eigenvalue weighted by molar-refractivity contribution is -0.138. The summed E-state index contributed by atoms with van der Waals surface area (Å²) in [6.45, 7) is 0. The van der Waals surface area contributed by atoms with Crippen LogP contribution in [-0.2, 0) is 6.18 Å². The molecule has 0 saturated carbocycles. The minimum Gasteiger partial charge on any atom is -0.494 e. The quantitative estimate of drug-likeness (QED) is 0.800.